The normalized spacial score (nSPS) is 13.2. The van der Waals surface area contributed by atoms with Gasteiger partial charge in [0.25, 0.3) is 0 Å². The van der Waals surface area contributed by atoms with Crippen LogP contribution < -0.4 is 13.6 Å². The van der Waals surface area contributed by atoms with Crippen LogP contribution in [0.4, 0.5) is 0 Å². The molecule has 0 radical (unpaired) electrons. The van der Waals surface area contributed by atoms with Gasteiger partial charge in [-0.3, -0.25) is 4.89 Å². The number of rotatable bonds is 11. The molecule has 1 unspecified atom stereocenters. The Morgan fingerprint density at radius 2 is 1.56 bits per heavy atom. The second-order valence-corrected chi connectivity index (χ2v) is 7.31. The number of aryl methyl sites for hydroxylation is 1. The summed E-state index contributed by atoms with van der Waals surface area (Å²) in [7, 11) is -4.21. The number of hydrogen-bond donors (Lipinski definition) is 1. The van der Waals surface area contributed by atoms with Crippen LogP contribution in [0.2, 0.25) is 0 Å². The Morgan fingerprint density at radius 1 is 0.920 bits per heavy atom. The molecule has 25 heavy (non-hydrogen) atoms. The average molecular weight is 364 g/mol. The van der Waals surface area contributed by atoms with Crippen molar-refractivity contribution in [1.29, 1.82) is 0 Å². The maximum Gasteiger partial charge on any atom is 0.585 e. The zero-order valence-corrected chi connectivity index (χ0v) is 15.6. The first-order valence-electron chi connectivity index (χ1n) is 8.85. The van der Waals surface area contributed by atoms with Crippen LogP contribution in [-0.4, -0.2) is 4.89 Å². The van der Waals surface area contributed by atoms with Crippen LogP contribution in [0.5, 0.6) is 11.5 Å². The fourth-order valence-electron chi connectivity index (χ4n) is 2.53. The van der Waals surface area contributed by atoms with Crippen molar-refractivity contribution in [2.75, 3.05) is 0 Å². The molecule has 2 rings (SSSR count). The van der Waals surface area contributed by atoms with Gasteiger partial charge in [0.05, 0.1) is 0 Å². The first-order valence-corrected chi connectivity index (χ1v) is 10.3. The summed E-state index contributed by atoms with van der Waals surface area (Å²) in [5.74, 6) is 0.611. The van der Waals surface area contributed by atoms with Crippen LogP contribution >= 0.6 is 7.82 Å². The number of phosphoric ester groups is 1. The standard InChI is InChI=1S/C19H26NO4P/c1-2-3-4-5-6-10-15-20-16-11-14-19(17-20)24-25(21,22)23-18-12-8-7-9-13-18/h7-9,11-14,16-17H,2-6,10,15H2,1H3/p+1. The molecule has 0 saturated carbocycles. The van der Waals surface area contributed by atoms with Crippen molar-refractivity contribution < 1.29 is 23.1 Å². The molecule has 1 aromatic heterocycles. The second kappa shape index (κ2) is 10.2. The molecule has 2 aromatic rings. The molecule has 1 aromatic carbocycles. The molecule has 1 N–H and O–H groups in total. The molecular formula is C19H27NO4P+. The number of benzene rings is 1. The quantitative estimate of drug-likeness (QED) is 0.350. The summed E-state index contributed by atoms with van der Waals surface area (Å²) in [4.78, 5) is 9.91. The summed E-state index contributed by atoms with van der Waals surface area (Å²) in [5.41, 5.74) is 0. The van der Waals surface area contributed by atoms with Gasteiger partial charge in [0.2, 0.25) is 6.20 Å². The molecule has 6 heteroatoms. The SMILES string of the molecule is CCCCCCCC[n+]1cccc(OP(=O)(O)Oc2ccccc2)c1. The maximum atomic E-state index is 12.1. The number of aromatic nitrogens is 1. The largest absolute Gasteiger partial charge is 0.585 e. The zero-order valence-electron chi connectivity index (χ0n) is 14.7. The highest BCUT2D eigenvalue weighted by Crippen LogP contribution is 2.43. The van der Waals surface area contributed by atoms with Gasteiger partial charge in [-0.1, -0.05) is 50.8 Å². The van der Waals surface area contributed by atoms with E-state index in [1.54, 1.807) is 48.7 Å². The van der Waals surface area contributed by atoms with Crippen molar-refractivity contribution in [3.63, 3.8) is 0 Å². The third-order valence-electron chi connectivity index (χ3n) is 3.79. The molecule has 0 saturated heterocycles. The molecule has 0 spiro atoms. The lowest BCUT2D eigenvalue weighted by Gasteiger charge is -2.12. The van der Waals surface area contributed by atoms with Crippen molar-refractivity contribution in [1.82, 2.24) is 0 Å². The third-order valence-corrected chi connectivity index (χ3v) is 4.67. The molecule has 0 fully saturated rings. The van der Waals surface area contributed by atoms with E-state index in [0.717, 1.165) is 13.0 Å². The van der Waals surface area contributed by atoms with E-state index in [-0.39, 0.29) is 0 Å². The van der Waals surface area contributed by atoms with Gasteiger partial charge in [-0.15, -0.1) is 0 Å². The van der Waals surface area contributed by atoms with Crippen LogP contribution in [0, 0.1) is 0 Å². The van der Waals surface area contributed by atoms with E-state index in [4.69, 9.17) is 9.05 Å². The number of para-hydroxylation sites is 1. The molecule has 1 atom stereocenters. The van der Waals surface area contributed by atoms with Crippen molar-refractivity contribution >= 4 is 7.82 Å². The second-order valence-electron chi connectivity index (χ2n) is 6.01. The predicted molar refractivity (Wildman–Crippen MR) is 97.5 cm³/mol. The summed E-state index contributed by atoms with van der Waals surface area (Å²) < 4.78 is 24.3. The van der Waals surface area contributed by atoms with Crippen molar-refractivity contribution in [3.05, 3.63) is 54.9 Å². The molecule has 0 aliphatic rings. The minimum Gasteiger partial charge on any atom is -0.395 e. The fraction of sp³-hybridized carbons (Fsp3) is 0.421. The van der Waals surface area contributed by atoms with Gasteiger partial charge < -0.3 is 9.05 Å². The number of hydrogen-bond acceptors (Lipinski definition) is 3. The van der Waals surface area contributed by atoms with E-state index in [2.05, 4.69) is 6.92 Å². The molecule has 5 nitrogen and oxygen atoms in total. The number of unbranched alkanes of at least 4 members (excludes halogenated alkanes) is 5. The van der Waals surface area contributed by atoms with E-state index in [9.17, 15) is 9.46 Å². The monoisotopic (exact) mass is 364 g/mol. The van der Waals surface area contributed by atoms with Gasteiger partial charge in [0.15, 0.2) is 11.9 Å². The summed E-state index contributed by atoms with van der Waals surface area (Å²) in [5, 5.41) is 0. The Hall–Kier alpha value is -1.84. The van der Waals surface area contributed by atoms with Crippen LogP contribution in [-0.2, 0) is 11.1 Å². The first kappa shape index (κ1) is 19.5. The van der Waals surface area contributed by atoms with Gasteiger partial charge in [0, 0.05) is 12.5 Å². The van der Waals surface area contributed by atoms with E-state index < -0.39 is 7.82 Å². The minimum absolute atomic E-state index is 0.296. The van der Waals surface area contributed by atoms with Crippen molar-refractivity contribution in [3.8, 4) is 11.5 Å². The summed E-state index contributed by atoms with van der Waals surface area (Å²) in [6.45, 7) is 3.07. The highest BCUT2D eigenvalue weighted by Gasteiger charge is 2.26. The molecule has 136 valence electrons. The van der Waals surface area contributed by atoms with Gasteiger partial charge in [-0.2, -0.15) is 0 Å². The topological polar surface area (TPSA) is 59.6 Å². The van der Waals surface area contributed by atoms with E-state index in [1.165, 1.54) is 32.1 Å². The van der Waals surface area contributed by atoms with Gasteiger partial charge in [0.1, 0.15) is 12.3 Å². The Balaban J connectivity index is 1.84. The smallest absolute Gasteiger partial charge is 0.395 e. The van der Waals surface area contributed by atoms with Crippen LogP contribution in [0.1, 0.15) is 45.4 Å². The van der Waals surface area contributed by atoms with E-state index in [0.29, 0.717) is 11.5 Å². The molecular weight excluding hydrogens is 337 g/mol. The van der Waals surface area contributed by atoms with Gasteiger partial charge >= 0.3 is 7.82 Å². The van der Waals surface area contributed by atoms with Crippen LogP contribution in [0.25, 0.3) is 0 Å². The maximum absolute atomic E-state index is 12.1. The number of nitrogens with zero attached hydrogens (tertiary/aromatic N) is 1. The predicted octanol–water partition coefficient (Wildman–Crippen LogP) is 4.89. The zero-order chi connectivity index (χ0) is 18.0. The Labute approximate surface area is 149 Å². The summed E-state index contributed by atoms with van der Waals surface area (Å²) in [6.07, 6.45) is 11.0. The van der Waals surface area contributed by atoms with E-state index in [1.807, 2.05) is 10.8 Å². The van der Waals surface area contributed by atoms with E-state index >= 15 is 0 Å². The molecule has 0 bridgehead atoms. The van der Waals surface area contributed by atoms with Crippen LogP contribution in [0.15, 0.2) is 54.9 Å². The average Bonchev–Trinajstić information content (AvgIpc) is 2.58. The lowest BCUT2D eigenvalue weighted by Crippen LogP contribution is -2.32. The fourth-order valence-corrected chi connectivity index (χ4v) is 3.33. The number of pyridine rings is 1. The van der Waals surface area contributed by atoms with Crippen molar-refractivity contribution in [2.24, 2.45) is 0 Å². The number of phosphoric acid groups is 1. The third kappa shape index (κ3) is 7.72. The minimum atomic E-state index is -4.21. The Bertz CT molecular complexity index is 678. The lowest BCUT2D eigenvalue weighted by molar-refractivity contribution is -0.697. The van der Waals surface area contributed by atoms with Gasteiger partial charge in [-0.25, -0.2) is 9.13 Å². The molecule has 0 aliphatic heterocycles. The van der Waals surface area contributed by atoms with Crippen LogP contribution in [0.3, 0.4) is 0 Å². The highest BCUT2D eigenvalue weighted by atomic mass is 31.2. The Morgan fingerprint density at radius 3 is 2.32 bits per heavy atom. The molecule has 0 amide bonds. The Kier molecular flexibility index (Phi) is 7.96. The highest BCUT2D eigenvalue weighted by molar-refractivity contribution is 7.48. The molecule has 1 heterocycles. The summed E-state index contributed by atoms with van der Waals surface area (Å²) in [6, 6.07) is 11.9. The lowest BCUT2D eigenvalue weighted by atomic mass is 10.1. The molecule has 0 aliphatic carbocycles. The first-order chi connectivity index (χ1) is 12.1. The van der Waals surface area contributed by atoms with Crippen molar-refractivity contribution in [2.45, 2.75) is 52.0 Å². The summed E-state index contributed by atoms with van der Waals surface area (Å²) >= 11 is 0. The van der Waals surface area contributed by atoms with Gasteiger partial charge in [-0.05, 0) is 24.6 Å².